The van der Waals surface area contributed by atoms with Crippen LogP contribution in [-0.4, -0.2) is 64.8 Å². The van der Waals surface area contributed by atoms with Gasteiger partial charge < -0.3 is 0 Å². The molecule has 9 heterocycles. The average molecular weight is 1290 g/mol. The monoisotopic (exact) mass is 1290 g/mol. The van der Waals surface area contributed by atoms with Gasteiger partial charge in [-0.05, 0) is 259 Å². The Morgan fingerprint density at radius 3 is 0.938 bits per heavy atom. The summed E-state index contributed by atoms with van der Waals surface area (Å²) in [5.41, 5.74) is 26.3. The van der Waals surface area contributed by atoms with Crippen molar-refractivity contribution < 1.29 is 0 Å². The maximum atomic E-state index is 4.17. The van der Waals surface area contributed by atoms with Gasteiger partial charge >= 0.3 is 0 Å². The lowest BCUT2D eigenvalue weighted by atomic mass is 10.1. The van der Waals surface area contributed by atoms with Crippen LogP contribution in [0.1, 0.15) is 135 Å². The predicted molar refractivity (Wildman–Crippen MR) is 402 cm³/mol. The summed E-state index contributed by atoms with van der Waals surface area (Å²) in [7, 11) is 0. The summed E-state index contributed by atoms with van der Waals surface area (Å²) in [6.07, 6.45) is 21.3. The van der Waals surface area contributed by atoms with E-state index in [1.54, 1.807) is 24.8 Å². The standard InChI is InChI=1S/3C8H10.6C7H9N.2C6H8N2.C5H7N3/c1-7-3-5-8(2)6-4-7;1-7-4-3-5-8(2)6-7;1-7-5-3-4-6-8(7)2;1-6-3-7(2)5-8-4-6;1-6-3-4-8-5-7(6)2;1-6-3-4-8-7(2)5-6;1-6-3-4-7(2)8-5-6;1-6-4-3-5-8-7(6)2;1-6-4-3-5-7(2)8-6;1-5-3-7-4-6(2)8-5;1-5-6(2)8-4-3-7-5;1-4-6-3-7-5(2)8-4/h3*3-6H,1-2H3;6*3-5H,1-2H3;2*3-4H,1-2H3;3H,1-2H3. The van der Waals surface area contributed by atoms with Gasteiger partial charge in [0.05, 0.1) is 22.8 Å². The lowest BCUT2D eigenvalue weighted by Crippen LogP contribution is -1.91. The van der Waals surface area contributed by atoms with Gasteiger partial charge in [0.15, 0.2) is 0 Å². The highest BCUT2D eigenvalue weighted by Crippen LogP contribution is 2.05. The zero-order valence-electron chi connectivity index (χ0n) is 62.0. The number of benzene rings is 3. The Hall–Kier alpha value is -10.3. The summed E-state index contributed by atoms with van der Waals surface area (Å²) < 4.78 is 0. The topological polar surface area (TPSA) is 168 Å². The zero-order chi connectivity index (χ0) is 71.8. The number of pyridine rings is 6. The molecule has 0 fully saturated rings. The van der Waals surface area contributed by atoms with Crippen LogP contribution in [0.4, 0.5) is 0 Å². The van der Waals surface area contributed by atoms with Crippen LogP contribution in [0.25, 0.3) is 0 Å². The molecule has 0 radical (unpaired) electrons. The lowest BCUT2D eigenvalue weighted by molar-refractivity contribution is 0.920. The molecule has 12 rings (SSSR count). The summed E-state index contributed by atoms with van der Waals surface area (Å²) in [6, 6.07) is 47.5. The minimum absolute atomic E-state index is 0.775. The second-order valence-corrected chi connectivity index (χ2v) is 23.3. The predicted octanol–water partition coefficient (Wildman–Crippen LogP) is 19.8. The van der Waals surface area contributed by atoms with E-state index in [9.17, 15) is 0 Å². The molecular formula is C83H107N13. The smallest absolute Gasteiger partial charge is 0.129 e. The number of hydrogen-bond donors (Lipinski definition) is 0. The van der Waals surface area contributed by atoms with Gasteiger partial charge in [-0.3, -0.25) is 49.8 Å². The SMILES string of the molecule is Cc1ccc(C)cc1.Cc1ccc(C)nc1.Cc1cccc(C)c1.Cc1cccc(C)n1.Cc1ccccc1C.Cc1cccnc1C.Cc1ccnc(C)c1.Cc1ccncc1C.Cc1cncc(C)c1.Cc1cncc(C)n1.Cc1nccnc1C.Cc1ncnc(C)n1. The first-order valence-corrected chi connectivity index (χ1v) is 32.1. The summed E-state index contributed by atoms with van der Waals surface area (Å²) in [4.78, 5) is 52.0. The van der Waals surface area contributed by atoms with E-state index < -0.39 is 0 Å². The minimum Gasteiger partial charge on any atom is -0.264 e. The molecule has 0 aliphatic heterocycles. The van der Waals surface area contributed by atoms with Crippen molar-refractivity contribution in [2.75, 3.05) is 0 Å². The van der Waals surface area contributed by atoms with Gasteiger partial charge in [0, 0.05) is 96.6 Å². The zero-order valence-corrected chi connectivity index (χ0v) is 62.0. The lowest BCUT2D eigenvalue weighted by Gasteiger charge is -1.93. The van der Waals surface area contributed by atoms with Crippen LogP contribution in [0, 0.1) is 166 Å². The molecular weight excluding hydrogens is 1180 g/mol. The van der Waals surface area contributed by atoms with E-state index in [0.29, 0.717) is 0 Å². The molecule has 0 saturated carbocycles. The molecule has 96 heavy (non-hydrogen) atoms. The van der Waals surface area contributed by atoms with Crippen molar-refractivity contribution in [1.82, 2.24) is 64.8 Å². The summed E-state index contributed by atoms with van der Waals surface area (Å²) >= 11 is 0. The van der Waals surface area contributed by atoms with Crippen LogP contribution in [0.15, 0.2) is 214 Å². The summed E-state index contributed by atoms with van der Waals surface area (Å²) in [5, 5.41) is 0. The molecule has 0 aliphatic rings. The largest absolute Gasteiger partial charge is 0.264 e. The number of nitrogens with zero attached hydrogens (tertiary/aromatic N) is 13. The number of rotatable bonds is 0. The van der Waals surface area contributed by atoms with Gasteiger partial charge in [0.1, 0.15) is 18.0 Å². The fourth-order valence-electron chi connectivity index (χ4n) is 7.38. The van der Waals surface area contributed by atoms with Crippen molar-refractivity contribution in [3.63, 3.8) is 0 Å². The van der Waals surface area contributed by atoms with Gasteiger partial charge in [0.25, 0.3) is 0 Å². The number of aromatic nitrogens is 13. The van der Waals surface area contributed by atoms with Crippen molar-refractivity contribution in [2.45, 2.75) is 166 Å². The van der Waals surface area contributed by atoms with E-state index in [2.05, 4.69) is 231 Å². The molecule has 0 amide bonds. The Labute approximate surface area is 577 Å². The van der Waals surface area contributed by atoms with Gasteiger partial charge in [-0.1, -0.05) is 119 Å². The van der Waals surface area contributed by atoms with Crippen molar-refractivity contribution in [3.8, 4) is 0 Å². The molecule has 13 nitrogen and oxygen atoms in total. The normalized spacial score (nSPS) is 9.25. The second kappa shape index (κ2) is 49.3. The minimum atomic E-state index is 0.775. The molecule has 3 aromatic carbocycles. The first-order valence-electron chi connectivity index (χ1n) is 32.1. The van der Waals surface area contributed by atoms with E-state index in [1.165, 1.54) is 78.7 Å². The fourth-order valence-corrected chi connectivity index (χ4v) is 7.38. The summed E-state index contributed by atoms with van der Waals surface area (Å²) in [6.45, 7) is 48.4. The van der Waals surface area contributed by atoms with Crippen LogP contribution in [0.5, 0.6) is 0 Å². The molecule has 0 aliphatic carbocycles. The highest BCUT2D eigenvalue weighted by atomic mass is 15.0. The van der Waals surface area contributed by atoms with Crippen molar-refractivity contribution in [3.05, 3.63) is 349 Å². The van der Waals surface area contributed by atoms with E-state index >= 15 is 0 Å². The van der Waals surface area contributed by atoms with Crippen LogP contribution < -0.4 is 0 Å². The maximum Gasteiger partial charge on any atom is 0.129 e. The van der Waals surface area contributed by atoms with Crippen molar-refractivity contribution >= 4 is 0 Å². The molecule has 13 heteroatoms. The fraction of sp³-hybridized carbons (Fsp3) is 0.289. The van der Waals surface area contributed by atoms with E-state index in [1.807, 2.05) is 183 Å². The highest BCUT2D eigenvalue weighted by Gasteiger charge is 1.91. The van der Waals surface area contributed by atoms with Crippen LogP contribution in [0.2, 0.25) is 0 Å². The second-order valence-electron chi connectivity index (χ2n) is 23.3. The molecule has 0 N–H and O–H groups in total. The molecule has 504 valence electrons. The maximum absolute atomic E-state index is 4.17. The molecule has 12 aromatic rings. The van der Waals surface area contributed by atoms with E-state index in [0.717, 1.165) is 62.9 Å². The average Bonchev–Trinajstić information content (AvgIpc) is 3.71. The molecule has 0 saturated heterocycles. The molecule has 0 atom stereocenters. The first kappa shape index (κ1) is 83.7. The van der Waals surface area contributed by atoms with Gasteiger partial charge in [-0.25, -0.2) is 15.0 Å². The first-order chi connectivity index (χ1) is 45.5. The molecule has 0 unspecified atom stereocenters. The Morgan fingerprint density at radius 1 is 0.198 bits per heavy atom. The van der Waals surface area contributed by atoms with Crippen LogP contribution in [-0.2, 0) is 0 Å². The molecule has 0 spiro atoms. The van der Waals surface area contributed by atoms with Crippen molar-refractivity contribution in [2.24, 2.45) is 0 Å². The van der Waals surface area contributed by atoms with Gasteiger partial charge in [-0.15, -0.1) is 0 Å². The van der Waals surface area contributed by atoms with Gasteiger partial charge in [0.2, 0.25) is 0 Å². The third kappa shape index (κ3) is 44.3. The Balaban J connectivity index is 0.000000524. The number of aryl methyl sites for hydroxylation is 24. The Bertz CT molecular complexity index is 3230. The Kier molecular flexibility index (Phi) is 43.0. The third-order valence-electron chi connectivity index (χ3n) is 13.4. The highest BCUT2D eigenvalue weighted by molar-refractivity contribution is 5.24. The quantitative estimate of drug-likeness (QED) is 0.141. The number of hydrogen-bond acceptors (Lipinski definition) is 13. The van der Waals surface area contributed by atoms with Gasteiger partial charge in [-0.2, -0.15) is 0 Å². The summed E-state index contributed by atoms with van der Waals surface area (Å²) in [5.74, 6) is 1.55. The molecule has 9 aromatic heterocycles. The third-order valence-corrected chi connectivity index (χ3v) is 13.4. The van der Waals surface area contributed by atoms with E-state index in [4.69, 9.17) is 0 Å². The Morgan fingerprint density at radius 2 is 0.646 bits per heavy atom. The van der Waals surface area contributed by atoms with Crippen LogP contribution >= 0.6 is 0 Å². The molecule has 0 bridgehead atoms. The van der Waals surface area contributed by atoms with Crippen molar-refractivity contribution in [1.29, 1.82) is 0 Å². The van der Waals surface area contributed by atoms with Crippen LogP contribution in [0.3, 0.4) is 0 Å². The van der Waals surface area contributed by atoms with E-state index in [-0.39, 0.29) is 0 Å².